The molecule has 24 heavy (non-hydrogen) atoms. The Balaban J connectivity index is 2.43. The topological polar surface area (TPSA) is 70.5 Å². The van der Waals surface area contributed by atoms with Gasteiger partial charge in [-0.2, -0.15) is 0 Å². The average molecular weight is 360 g/mol. The van der Waals surface area contributed by atoms with E-state index in [1.807, 2.05) is 0 Å². The molecule has 2 aromatic rings. The van der Waals surface area contributed by atoms with Crippen LogP contribution in [0.15, 0.2) is 6.07 Å². The van der Waals surface area contributed by atoms with Crippen LogP contribution in [0, 0.1) is 23.4 Å². The van der Waals surface area contributed by atoms with Crippen LogP contribution in [0.4, 0.5) is 18.3 Å². The molecule has 0 aliphatic carbocycles. The number of nitrogens with zero attached hydrogens (tertiary/aromatic N) is 2. The van der Waals surface area contributed by atoms with Gasteiger partial charge < -0.3 is 5.11 Å². The number of rotatable bonds is 6. The number of benzene rings is 1. The Morgan fingerprint density at radius 1 is 1.33 bits per heavy atom. The van der Waals surface area contributed by atoms with Crippen LogP contribution in [0.1, 0.15) is 26.7 Å². The third-order valence-corrected chi connectivity index (χ3v) is 4.47. The van der Waals surface area contributed by atoms with E-state index in [2.05, 4.69) is 4.98 Å². The van der Waals surface area contributed by atoms with Crippen LogP contribution in [0.2, 0.25) is 0 Å². The Bertz CT molecular complexity index is 794. The molecular weight excluding hydrogens is 345 g/mol. The minimum Gasteiger partial charge on any atom is -0.481 e. The summed E-state index contributed by atoms with van der Waals surface area (Å²) in [6.07, 6.45) is 0.257. The van der Waals surface area contributed by atoms with Crippen molar-refractivity contribution >= 4 is 38.6 Å². The predicted octanol–water partition coefficient (Wildman–Crippen LogP) is 3.57. The summed E-state index contributed by atoms with van der Waals surface area (Å²) in [7, 11) is 0. The molecule has 1 N–H and O–H groups in total. The molecule has 1 amide bonds. The van der Waals surface area contributed by atoms with Gasteiger partial charge in [0.05, 0.1) is 10.6 Å². The molecule has 130 valence electrons. The molecule has 1 unspecified atom stereocenters. The Kier molecular flexibility index (Phi) is 5.43. The van der Waals surface area contributed by atoms with Crippen LogP contribution < -0.4 is 4.90 Å². The molecule has 1 aromatic heterocycles. The maximum Gasteiger partial charge on any atom is 0.306 e. The Morgan fingerprint density at radius 2 is 2.00 bits per heavy atom. The second-order valence-electron chi connectivity index (χ2n) is 5.32. The van der Waals surface area contributed by atoms with Crippen LogP contribution in [0.5, 0.6) is 0 Å². The van der Waals surface area contributed by atoms with Crippen molar-refractivity contribution in [2.24, 2.45) is 5.92 Å². The number of aromatic nitrogens is 1. The molecule has 1 aromatic carbocycles. The number of aliphatic carboxylic acids is 1. The zero-order chi connectivity index (χ0) is 18.0. The highest BCUT2D eigenvalue weighted by Gasteiger charge is 2.25. The Labute approximate surface area is 139 Å². The lowest BCUT2D eigenvalue weighted by atomic mass is 10.1. The van der Waals surface area contributed by atoms with Crippen molar-refractivity contribution in [2.75, 3.05) is 11.4 Å². The summed E-state index contributed by atoms with van der Waals surface area (Å²) >= 11 is 0.724. The second kappa shape index (κ2) is 7.16. The first kappa shape index (κ1) is 18.2. The van der Waals surface area contributed by atoms with Crippen LogP contribution >= 0.6 is 11.3 Å². The highest BCUT2D eigenvalue weighted by Crippen LogP contribution is 2.34. The van der Waals surface area contributed by atoms with Crippen molar-refractivity contribution < 1.29 is 27.9 Å². The lowest BCUT2D eigenvalue weighted by Crippen LogP contribution is -2.33. The van der Waals surface area contributed by atoms with E-state index in [1.165, 1.54) is 11.8 Å². The van der Waals surface area contributed by atoms with Crippen molar-refractivity contribution in [3.05, 3.63) is 23.5 Å². The third kappa shape index (κ3) is 3.50. The monoisotopic (exact) mass is 360 g/mol. The molecular formula is C15H15F3N2O3S. The highest BCUT2D eigenvalue weighted by molar-refractivity contribution is 7.22. The third-order valence-electron chi connectivity index (χ3n) is 3.39. The van der Waals surface area contributed by atoms with Gasteiger partial charge in [-0.25, -0.2) is 18.2 Å². The number of amides is 1. The van der Waals surface area contributed by atoms with E-state index in [-0.39, 0.29) is 22.8 Å². The van der Waals surface area contributed by atoms with Crippen molar-refractivity contribution in [1.82, 2.24) is 4.98 Å². The van der Waals surface area contributed by atoms with Gasteiger partial charge in [0.25, 0.3) is 0 Å². The van der Waals surface area contributed by atoms with E-state index >= 15 is 0 Å². The summed E-state index contributed by atoms with van der Waals surface area (Å²) in [5, 5.41) is 8.92. The van der Waals surface area contributed by atoms with Gasteiger partial charge in [0, 0.05) is 19.0 Å². The van der Waals surface area contributed by atoms with Crippen LogP contribution in [-0.2, 0) is 9.59 Å². The number of hydrogen-bond donors (Lipinski definition) is 1. The lowest BCUT2D eigenvalue weighted by Gasteiger charge is -2.20. The summed E-state index contributed by atoms with van der Waals surface area (Å²) in [6, 6.07) is 0.429. The molecule has 0 aliphatic heterocycles. The molecule has 0 radical (unpaired) electrons. The van der Waals surface area contributed by atoms with E-state index in [1.54, 1.807) is 6.92 Å². The first-order chi connectivity index (χ1) is 11.3. The van der Waals surface area contributed by atoms with E-state index < -0.39 is 40.8 Å². The molecule has 0 spiro atoms. The SMILES string of the molecule is CCCN(C(=O)CC(C)C(=O)O)c1nc2c(F)c(F)cc(F)c2s1. The number of carboxylic acid groups (broad SMARTS) is 1. The summed E-state index contributed by atoms with van der Waals surface area (Å²) in [6.45, 7) is 3.38. The molecule has 5 nitrogen and oxygen atoms in total. The Hall–Kier alpha value is -2.16. The normalized spacial score (nSPS) is 12.4. The number of anilines is 1. The number of carbonyl (C=O) groups excluding carboxylic acids is 1. The van der Waals surface area contributed by atoms with Gasteiger partial charge in [0.1, 0.15) is 11.3 Å². The van der Waals surface area contributed by atoms with Crippen molar-refractivity contribution in [1.29, 1.82) is 0 Å². The second-order valence-corrected chi connectivity index (χ2v) is 6.29. The quantitative estimate of drug-likeness (QED) is 0.800. The number of hydrogen-bond acceptors (Lipinski definition) is 4. The molecule has 2 rings (SSSR count). The van der Waals surface area contributed by atoms with Crippen LogP contribution in [0.25, 0.3) is 10.2 Å². The maximum atomic E-state index is 13.8. The number of carbonyl (C=O) groups is 2. The molecule has 0 saturated heterocycles. The first-order valence-electron chi connectivity index (χ1n) is 7.23. The van der Waals surface area contributed by atoms with Crippen molar-refractivity contribution in [3.8, 4) is 0 Å². The minimum absolute atomic E-state index is 0.0119. The molecule has 9 heteroatoms. The van der Waals surface area contributed by atoms with E-state index in [4.69, 9.17) is 5.11 Å². The van der Waals surface area contributed by atoms with Gasteiger partial charge in [-0.15, -0.1) is 0 Å². The summed E-state index contributed by atoms with van der Waals surface area (Å²) in [4.78, 5) is 28.3. The zero-order valence-corrected chi connectivity index (χ0v) is 13.8. The van der Waals surface area contributed by atoms with E-state index in [9.17, 15) is 22.8 Å². The van der Waals surface area contributed by atoms with Crippen LogP contribution in [-0.4, -0.2) is 28.5 Å². The van der Waals surface area contributed by atoms with Crippen molar-refractivity contribution in [2.45, 2.75) is 26.7 Å². The van der Waals surface area contributed by atoms with Crippen molar-refractivity contribution in [3.63, 3.8) is 0 Å². The van der Waals surface area contributed by atoms with Gasteiger partial charge in [-0.3, -0.25) is 14.5 Å². The molecule has 0 fully saturated rings. The summed E-state index contributed by atoms with van der Waals surface area (Å²) in [5.74, 6) is -6.15. The molecule has 1 heterocycles. The standard InChI is InChI=1S/C15H15F3N2O3S/c1-3-4-20(10(21)5-7(2)14(22)23)15-19-12-11(18)8(16)6-9(17)13(12)24-15/h6-7H,3-5H2,1-2H3,(H,22,23). The fraction of sp³-hybridized carbons (Fsp3) is 0.400. The van der Waals surface area contributed by atoms with Gasteiger partial charge in [-0.05, 0) is 6.42 Å². The van der Waals surface area contributed by atoms with E-state index in [0.29, 0.717) is 12.5 Å². The number of halogens is 3. The largest absolute Gasteiger partial charge is 0.481 e. The molecule has 0 bridgehead atoms. The predicted molar refractivity (Wildman–Crippen MR) is 83.6 cm³/mol. The van der Waals surface area contributed by atoms with Gasteiger partial charge in [0.15, 0.2) is 16.8 Å². The van der Waals surface area contributed by atoms with Gasteiger partial charge in [-0.1, -0.05) is 25.2 Å². The summed E-state index contributed by atoms with van der Waals surface area (Å²) in [5.41, 5.74) is -0.479. The molecule has 1 atom stereocenters. The molecule has 0 saturated carbocycles. The van der Waals surface area contributed by atoms with E-state index in [0.717, 1.165) is 11.3 Å². The summed E-state index contributed by atoms with van der Waals surface area (Å²) < 4.78 is 40.7. The number of thiazole rings is 1. The maximum absolute atomic E-state index is 13.8. The zero-order valence-electron chi connectivity index (χ0n) is 13.0. The Morgan fingerprint density at radius 3 is 2.58 bits per heavy atom. The van der Waals surface area contributed by atoms with Crippen LogP contribution in [0.3, 0.4) is 0 Å². The highest BCUT2D eigenvalue weighted by atomic mass is 32.1. The number of fused-ring (bicyclic) bond motifs is 1. The minimum atomic E-state index is -1.36. The smallest absolute Gasteiger partial charge is 0.306 e. The van der Waals surface area contributed by atoms with Gasteiger partial charge >= 0.3 is 5.97 Å². The average Bonchev–Trinajstić information content (AvgIpc) is 2.95. The number of carboxylic acids is 1. The fourth-order valence-corrected chi connectivity index (χ4v) is 3.11. The first-order valence-corrected chi connectivity index (χ1v) is 8.05. The fourth-order valence-electron chi connectivity index (χ4n) is 2.10. The molecule has 0 aliphatic rings. The lowest BCUT2D eigenvalue weighted by molar-refractivity contribution is -0.143. The van der Waals surface area contributed by atoms with Gasteiger partial charge in [0.2, 0.25) is 5.91 Å².